The highest BCUT2D eigenvalue weighted by Crippen LogP contribution is 2.06. The molecule has 2 heterocycles. The van der Waals surface area contributed by atoms with Gasteiger partial charge < -0.3 is 10.7 Å². The molecule has 0 aromatic carbocycles. The topological polar surface area (TPSA) is 88.8 Å². The second kappa shape index (κ2) is 5.38. The SMILES string of the molecule is NNc1cncc(NCCc2cscn2)n1. The van der Waals surface area contributed by atoms with E-state index in [0.717, 1.165) is 18.7 Å². The smallest absolute Gasteiger partial charge is 0.160 e. The Morgan fingerprint density at radius 1 is 1.31 bits per heavy atom. The monoisotopic (exact) mass is 236 g/mol. The van der Waals surface area contributed by atoms with Crippen LogP contribution in [0.15, 0.2) is 23.3 Å². The maximum Gasteiger partial charge on any atom is 0.160 e. The van der Waals surface area contributed by atoms with E-state index in [4.69, 9.17) is 5.84 Å². The molecule has 0 fully saturated rings. The molecule has 0 aliphatic carbocycles. The molecule has 84 valence electrons. The van der Waals surface area contributed by atoms with E-state index < -0.39 is 0 Å². The predicted octanol–water partition coefficient (Wildman–Crippen LogP) is 0.873. The van der Waals surface area contributed by atoms with E-state index in [1.54, 1.807) is 23.7 Å². The highest BCUT2D eigenvalue weighted by atomic mass is 32.1. The Labute approximate surface area is 96.9 Å². The van der Waals surface area contributed by atoms with Crippen LogP contribution >= 0.6 is 11.3 Å². The maximum atomic E-state index is 5.24. The molecule has 2 aromatic rings. The first-order valence-corrected chi connectivity index (χ1v) is 5.72. The number of anilines is 2. The maximum absolute atomic E-state index is 5.24. The Kier molecular flexibility index (Phi) is 3.62. The number of hydrogen-bond acceptors (Lipinski definition) is 7. The van der Waals surface area contributed by atoms with Crippen molar-refractivity contribution in [1.29, 1.82) is 0 Å². The second-order valence-electron chi connectivity index (χ2n) is 3.09. The van der Waals surface area contributed by atoms with Gasteiger partial charge in [-0.3, -0.25) is 4.98 Å². The largest absolute Gasteiger partial charge is 0.368 e. The number of nitrogens with one attached hydrogen (secondary N) is 2. The quantitative estimate of drug-likeness (QED) is 0.527. The number of aromatic nitrogens is 3. The molecule has 0 saturated heterocycles. The summed E-state index contributed by atoms with van der Waals surface area (Å²) in [5.41, 5.74) is 5.36. The van der Waals surface area contributed by atoms with Gasteiger partial charge in [0.25, 0.3) is 0 Å². The fourth-order valence-corrected chi connectivity index (χ4v) is 1.79. The van der Waals surface area contributed by atoms with E-state index in [9.17, 15) is 0 Å². The third kappa shape index (κ3) is 2.88. The molecule has 0 bridgehead atoms. The Balaban J connectivity index is 1.85. The summed E-state index contributed by atoms with van der Waals surface area (Å²) in [4.78, 5) is 12.4. The number of thiazole rings is 1. The van der Waals surface area contributed by atoms with Gasteiger partial charge in [0, 0.05) is 18.3 Å². The van der Waals surface area contributed by atoms with Crippen molar-refractivity contribution in [3.8, 4) is 0 Å². The second-order valence-corrected chi connectivity index (χ2v) is 3.81. The van der Waals surface area contributed by atoms with Crippen LogP contribution in [0.2, 0.25) is 0 Å². The molecule has 0 amide bonds. The molecule has 16 heavy (non-hydrogen) atoms. The van der Waals surface area contributed by atoms with E-state index in [2.05, 4.69) is 25.7 Å². The van der Waals surface area contributed by atoms with Gasteiger partial charge in [0.15, 0.2) is 5.82 Å². The molecule has 0 saturated carbocycles. The lowest BCUT2D eigenvalue weighted by Gasteiger charge is -2.05. The van der Waals surface area contributed by atoms with Crippen molar-refractivity contribution in [2.24, 2.45) is 5.84 Å². The molecule has 0 unspecified atom stereocenters. The molecule has 2 aromatic heterocycles. The van der Waals surface area contributed by atoms with Crippen LogP contribution in [-0.2, 0) is 6.42 Å². The highest BCUT2D eigenvalue weighted by molar-refractivity contribution is 7.07. The lowest BCUT2D eigenvalue weighted by molar-refractivity contribution is 0.964. The summed E-state index contributed by atoms with van der Waals surface area (Å²) in [7, 11) is 0. The minimum atomic E-state index is 0.540. The molecule has 0 spiro atoms. The first-order valence-electron chi connectivity index (χ1n) is 4.78. The van der Waals surface area contributed by atoms with Crippen LogP contribution in [0.1, 0.15) is 5.69 Å². The third-order valence-corrected chi connectivity index (χ3v) is 2.59. The van der Waals surface area contributed by atoms with E-state index in [0.29, 0.717) is 11.6 Å². The molecule has 2 rings (SSSR count). The minimum absolute atomic E-state index is 0.540. The van der Waals surface area contributed by atoms with E-state index >= 15 is 0 Å². The Morgan fingerprint density at radius 2 is 2.19 bits per heavy atom. The van der Waals surface area contributed by atoms with Crippen LogP contribution in [0.4, 0.5) is 11.6 Å². The fraction of sp³-hybridized carbons (Fsp3) is 0.222. The number of rotatable bonds is 5. The Bertz CT molecular complexity index is 429. The summed E-state index contributed by atoms with van der Waals surface area (Å²) in [5.74, 6) is 6.48. The summed E-state index contributed by atoms with van der Waals surface area (Å²) in [5, 5.41) is 5.19. The zero-order valence-electron chi connectivity index (χ0n) is 8.55. The summed E-state index contributed by atoms with van der Waals surface area (Å²) >= 11 is 1.60. The normalized spacial score (nSPS) is 10.1. The van der Waals surface area contributed by atoms with Gasteiger partial charge in [-0.05, 0) is 0 Å². The number of hydrazine groups is 1. The standard InChI is InChI=1S/C9H12N6S/c10-15-9-4-11-3-8(14-9)12-2-1-7-5-16-6-13-7/h3-6H,1-2,10H2,(H2,12,14,15). The molecule has 0 atom stereocenters. The molecule has 0 aliphatic rings. The summed E-state index contributed by atoms with van der Waals surface area (Å²) in [6.07, 6.45) is 4.08. The van der Waals surface area contributed by atoms with E-state index in [1.165, 1.54) is 0 Å². The molecule has 0 aliphatic heterocycles. The molecular weight excluding hydrogens is 224 g/mol. The summed E-state index contributed by atoms with van der Waals surface area (Å²) in [6, 6.07) is 0. The van der Waals surface area contributed by atoms with Crippen molar-refractivity contribution in [3.05, 3.63) is 29.0 Å². The number of nitrogens with zero attached hydrogens (tertiary/aromatic N) is 3. The minimum Gasteiger partial charge on any atom is -0.368 e. The zero-order chi connectivity index (χ0) is 11.2. The summed E-state index contributed by atoms with van der Waals surface area (Å²) in [6.45, 7) is 0.770. The van der Waals surface area contributed by atoms with Gasteiger partial charge >= 0.3 is 0 Å². The molecule has 7 heteroatoms. The van der Waals surface area contributed by atoms with Gasteiger partial charge in [-0.15, -0.1) is 11.3 Å². The first kappa shape index (κ1) is 10.8. The van der Waals surface area contributed by atoms with Crippen molar-refractivity contribution in [2.75, 3.05) is 17.3 Å². The van der Waals surface area contributed by atoms with E-state index in [1.807, 2.05) is 10.9 Å². The first-order chi connectivity index (χ1) is 7.88. The Hall–Kier alpha value is -1.73. The third-order valence-electron chi connectivity index (χ3n) is 1.95. The average Bonchev–Trinajstić information content (AvgIpc) is 2.82. The molecule has 4 N–H and O–H groups in total. The van der Waals surface area contributed by atoms with Crippen LogP contribution in [0.5, 0.6) is 0 Å². The Morgan fingerprint density at radius 3 is 2.94 bits per heavy atom. The van der Waals surface area contributed by atoms with Gasteiger partial charge in [-0.2, -0.15) is 0 Å². The van der Waals surface area contributed by atoms with Crippen LogP contribution < -0.4 is 16.6 Å². The van der Waals surface area contributed by atoms with Gasteiger partial charge in [0.2, 0.25) is 0 Å². The zero-order valence-corrected chi connectivity index (χ0v) is 9.37. The van der Waals surface area contributed by atoms with Crippen molar-refractivity contribution in [3.63, 3.8) is 0 Å². The molecule has 0 radical (unpaired) electrons. The van der Waals surface area contributed by atoms with Crippen molar-refractivity contribution in [2.45, 2.75) is 6.42 Å². The lowest BCUT2D eigenvalue weighted by atomic mass is 10.3. The molecule has 6 nitrogen and oxygen atoms in total. The number of nitrogens with two attached hydrogens (primary N) is 1. The predicted molar refractivity (Wildman–Crippen MR) is 64.1 cm³/mol. The van der Waals surface area contributed by atoms with Crippen molar-refractivity contribution >= 4 is 23.0 Å². The average molecular weight is 236 g/mol. The van der Waals surface area contributed by atoms with Crippen LogP contribution in [0.25, 0.3) is 0 Å². The van der Waals surface area contributed by atoms with E-state index in [-0.39, 0.29) is 0 Å². The molecular formula is C9H12N6S. The lowest BCUT2D eigenvalue weighted by Crippen LogP contribution is -2.11. The highest BCUT2D eigenvalue weighted by Gasteiger charge is 1.98. The van der Waals surface area contributed by atoms with Crippen LogP contribution in [0.3, 0.4) is 0 Å². The fourth-order valence-electron chi connectivity index (χ4n) is 1.20. The van der Waals surface area contributed by atoms with Gasteiger partial charge in [0.05, 0.1) is 23.6 Å². The van der Waals surface area contributed by atoms with Gasteiger partial charge in [-0.25, -0.2) is 15.8 Å². The summed E-state index contributed by atoms with van der Waals surface area (Å²) < 4.78 is 0. The van der Waals surface area contributed by atoms with Crippen LogP contribution in [-0.4, -0.2) is 21.5 Å². The number of hydrogen-bond donors (Lipinski definition) is 3. The van der Waals surface area contributed by atoms with Gasteiger partial charge in [-0.1, -0.05) is 0 Å². The van der Waals surface area contributed by atoms with Crippen molar-refractivity contribution < 1.29 is 0 Å². The number of nitrogen functional groups attached to an aromatic ring is 1. The van der Waals surface area contributed by atoms with Crippen molar-refractivity contribution in [1.82, 2.24) is 15.0 Å². The van der Waals surface area contributed by atoms with Crippen LogP contribution in [0, 0.1) is 0 Å². The van der Waals surface area contributed by atoms with Gasteiger partial charge in [0.1, 0.15) is 5.82 Å².